The predicted octanol–water partition coefficient (Wildman–Crippen LogP) is 6.69. The number of methoxy groups -OCH3 is 2. The fourth-order valence-electron chi connectivity index (χ4n) is 2.54. The molecule has 0 fully saturated rings. The number of carbonyl (C=O) groups excluding carboxylic acids is 2. The van der Waals surface area contributed by atoms with Crippen molar-refractivity contribution in [3.63, 3.8) is 0 Å². The van der Waals surface area contributed by atoms with Gasteiger partial charge in [0, 0.05) is 33.9 Å². The second kappa shape index (κ2) is 16.8. The molecule has 1 aliphatic heterocycles. The van der Waals surface area contributed by atoms with Crippen molar-refractivity contribution in [2.75, 3.05) is 19.2 Å². The van der Waals surface area contributed by atoms with Crippen molar-refractivity contribution in [3.8, 4) is 6.07 Å². The van der Waals surface area contributed by atoms with Gasteiger partial charge in [0.25, 0.3) is 0 Å². The van der Waals surface area contributed by atoms with Crippen LogP contribution in [-0.2, 0) is 37.6 Å². The minimum Gasteiger partial charge on any atom is -0.467 e. The van der Waals surface area contributed by atoms with Crippen LogP contribution >= 0.6 is 0 Å². The zero-order valence-electron chi connectivity index (χ0n) is 20.5. The molecular formula is C24H26F6N4O4V. The largest absolute Gasteiger partial charge is 0.529 e. The number of ether oxygens (including phenoxy) is 2. The van der Waals surface area contributed by atoms with Crippen molar-refractivity contribution in [2.45, 2.75) is 24.8 Å². The second-order valence-corrected chi connectivity index (χ2v) is 6.84. The van der Waals surface area contributed by atoms with Crippen molar-refractivity contribution in [2.24, 2.45) is 5.10 Å². The molecule has 15 heteroatoms. The Morgan fingerprint density at radius 1 is 1.05 bits per heavy atom. The summed E-state index contributed by atoms with van der Waals surface area (Å²) >= 11 is 0. The van der Waals surface area contributed by atoms with Crippen LogP contribution in [0.15, 0.2) is 78.4 Å². The van der Waals surface area contributed by atoms with Gasteiger partial charge in [-0.15, -0.1) is 0 Å². The number of benzene rings is 2. The second-order valence-electron chi connectivity index (χ2n) is 6.84. The Hall–Kier alpha value is -3.96. The van der Waals surface area contributed by atoms with Gasteiger partial charge >= 0.3 is 30.4 Å². The van der Waals surface area contributed by atoms with Crippen LogP contribution in [0.2, 0.25) is 0 Å². The molecule has 0 saturated carbocycles. The first kappa shape index (κ1) is 35.0. The standard InChI is InChI=1S/C12H11F3N2O2.C8H5F3N2.C4H6O2.V.2H2/c1-19-11(18)9-7-10(12(13,14)15)16-17(9)8-5-3-2-4-6-8;9-8(10,11)6-12-13-7-4-2-1-3-5-7;1-3-4(5)6-2;;;/h2-6,9H,7H2,1H3;1-5H;3H,1H2,2H3;;2*1H/i;;;;2*1+1. The third-order valence-corrected chi connectivity index (χ3v) is 4.20. The number of hydrogen-bond donors (Lipinski definition) is 0. The van der Waals surface area contributed by atoms with E-state index < -0.39 is 42.5 Å². The Morgan fingerprint density at radius 2 is 1.59 bits per heavy atom. The van der Waals surface area contributed by atoms with E-state index >= 15 is 0 Å². The molecule has 0 bridgehead atoms. The number of para-hydroxylation sites is 1. The summed E-state index contributed by atoms with van der Waals surface area (Å²) < 4.78 is 81.2. The van der Waals surface area contributed by atoms with Crippen LogP contribution in [0.25, 0.3) is 10.4 Å². The first-order chi connectivity index (χ1) is 17.8. The Balaban J connectivity index is -0.000000576. The number of hydrogen-bond acceptors (Lipinski definition) is 6. The van der Waals surface area contributed by atoms with Gasteiger partial charge in [-0.3, -0.25) is 10.4 Å². The summed E-state index contributed by atoms with van der Waals surface area (Å²) in [5.41, 5.74) is 3.08. The molecule has 3 rings (SSSR count). The van der Waals surface area contributed by atoms with E-state index in [2.05, 4.69) is 31.5 Å². The van der Waals surface area contributed by atoms with Crippen LogP contribution in [0.4, 0.5) is 37.7 Å². The molecular weight excluding hydrogens is 573 g/mol. The van der Waals surface area contributed by atoms with Crippen molar-refractivity contribution < 1.29 is 66.8 Å². The maximum absolute atomic E-state index is 12.7. The van der Waals surface area contributed by atoms with Crippen LogP contribution in [0.5, 0.6) is 0 Å². The molecule has 0 aromatic heterocycles. The van der Waals surface area contributed by atoms with Gasteiger partial charge in [-0.05, 0) is 12.1 Å². The van der Waals surface area contributed by atoms with E-state index in [4.69, 9.17) is 0 Å². The quantitative estimate of drug-likeness (QED) is 0.169. The van der Waals surface area contributed by atoms with Crippen LogP contribution in [0.3, 0.4) is 0 Å². The van der Waals surface area contributed by atoms with Gasteiger partial charge in [0.2, 0.25) is 0 Å². The number of halogens is 6. The maximum Gasteiger partial charge on any atom is 0.529 e. The normalized spacial score (nSPS) is 13.8. The van der Waals surface area contributed by atoms with Gasteiger partial charge in [-0.1, -0.05) is 65.8 Å². The molecule has 0 spiro atoms. The first-order valence-electron chi connectivity index (χ1n) is 10.4. The average molecular weight is 601 g/mol. The monoisotopic (exact) mass is 601 g/mol. The molecule has 0 saturated heterocycles. The Labute approximate surface area is 234 Å². The summed E-state index contributed by atoms with van der Waals surface area (Å²) in [6.07, 6.45) is -8.47. The molecule has 2 aromatic rings. The zero-order valence-corrected chi connectivity index (χ0v) is 21.9. The summed E-state index contributed by atoms with van der Waals surface area (Å²) in [7, 11) is 2.45. The van der Waals surface area contributed by atoms with Crippen LogP contribution in [0.1, 0.15) is 9.27 Å². The van der Waals surface area contributed by atoms with Crippen LogP contribution in [0, 0.1) is 6.07 Å². The van der Waals surface area contributed by atoms with E-state index in [0.717, 1.165) is 24.3 Å². The van der Waals surface area contributed by atoms with Crippen molar-refractivity contribution in [3.05, 3.63) is 83.7 Å². The Morgan fingerprint density at radius 3 is 2.00 bits per heavy atom. The van der Waals surface area contributed by atoms with Crippen LogP contribution < -0.4 is 5.01 Å². The van der Waals surface area contributed by atoms with Gasteiger partial charge in [0.05, 0.1) is 19.9 Å². The average Bonchev–Trinajstić information content (AvgIpc) is 3.35. The third kappa shape index (κ3) is 13.4. The molecule has 1 unspecified atom stereocenters. The van der Waals surface area contributed by atoms with E-state index in [1.54, 1.807) is 60.7 Å². The zero-order chi connectivity index (χ0) is 28.8. The summed E-state index contributed by atoms with van der Waals surface area (Å²) in [5, 5.41) is 4.55. The molecule has 1 atom stereocenters. The molecule has 1 radical (unpaired) electrons. The third-order valence-electron chi connectivity index (χ3n) is 4.20. The van der Waals surface area contributed by atoms with E-state index in [1.807, 2.05) is 0 Å². The molecule has 39 heavy (non-hydrogen) atoms. The summed E-state index contributed by atoms with van der Waals surface area (Å²) in [6, 6.07) is 16.2. The van der Waals surface area contributed by atoms with Crippen molar-refractivity contribution in [1.29, 1.82) is 0 Å². The number of anilines is 1. The minimum atomic E-state index is -4.55. The van der Waals surface area contributed by atoms with Gasteiger partial charge in [0.1, 0.15) is 5.71 Å². The SMILES string of the molecule is C=CC(=O)OC.COC(=O)C1CC(C(F)(F)F)=NN1c1ccccc1.FC(F)(F)C#[N+][N-]c1ccccc1.[2HH].[2HH].[V]. The number of nitrogens with zero attached hydrogens (tertiary/aromatic N) is 4. The topological polar surface area (TPSA) is 86.7 Å². The number of hydrazone groups is 1. The van der Waals surface area contributed by atoms with Gasteiger partial charge < -0.3 is 9.47 Å². The smallest absolute Gasteiger partial charge is 0.467 e. The van der Waals surface area contributed by atoms with E-state index in [1.165, 1.54) is 7.11 Å². The minimum absolute atomic E-state index is 0. The molecule has 1 heterocycles. The maximum atomic E-state index is 12.7. The van der Waals surface area contributed by atoms with Crippen molar-refractivity contribution in [1.82, 2.24) is 0 Å². The molecule has 0 amide bonds. The van der Waals surface area contributed by atoms with Gasteiger partial charge in [-0.25, -0.2) is 9.59 Å². The van der Waals surface area contributed by atoms with Gasteiger partial charge in [0.15, 0.2) is 6.04 Å². The van der Waals surface area contributed by atoms with E-state index in [9.17, 15) is 35.9 Å². The fourth-order valence-corrected chi connectivity index (χ4v) is 2.54. The fraction of sp³-hybridized carbons (Fsp3) is 0.250. The van der Waals surface area contributed by atoms with Gasteiger partial charge in [-0.2, -0.15) is 31.4 Å². The molecule has 8 nitrogen and oxygen atoms in total. The van der Waals surface area contributed by atoms with E-state index in [0.29, 0.717) is 11.4 Å². The predicted molar refractivity (Wildman–Crippen MR) is 132 cm³/mol. The number of rotatable bonds is 4. The summed E-state index contributed by atoms with van der Waals surface area (Å²) in [6.45, 7) is 3.16. The molecule has 1 aliphatic rings. The van der Waals surface area contributed by atoms with Crippen molar-refractivity contribution >= 4 is 29.0 Å². The first-order valence-corrected chi connectivity index (χ1v) is 10.4. The molecule has 0 N–H and O–H groups in total. The number of alkyl halides is 6. The number of esters is 2. The molecule has 0 aliphatic carbocycles. The molecule has 2 aromatic carbocycles. The Bertz CT molecular complexity index is 1160. The molecule has 213 valence electrons. The summed E-state index contributed by atoms with van der Waals surface area (Å²) in [4.78, 5) is 24.2. The summed E-state index contributed by atoms with van der Waals surface area (Å²) in [5.74, 6) is -1.14. The van der Waals surface area contributed by atoms with E-state index in [-0.39, 0.29) is 21.4 Å². The Kier molecular flexibility index (Phi) is 15.1. The number of carbonyl (C=O) groups is 2. The van der Waals surface area contributed by atoms with Crippen LogP contribution in [-0.4, -0.2) is 50.3 Å².